The van der Waals surface area contributed by atoms with Gasteiger partial charge in [0.1, 0.15) is 0 Å². The van der Waals surface area contributed by atoms with Gasteiger partial charge in [0.05, 0.1) is 0 Å². The fraction of sp³-hybridized carbons (Fsp3) is 1.00. The van der Waals surface area contributed by atoms with Crippen molar-refractivity contribution in [3.63, 3.8) is 0 Å². The van der Waals surface area contributed by atoms with E-state index in [4.69, 9.17) is 0 Å². The van der Waals surface area contributed by atoms with Crippen LogP contribution in [0.4, 0.5) is 0 Å². The second kappa shape index (κ2) is 15.0. The van der Waals surface area contributed by atoms with Crippen molar-refractivity contribution in [2.75, 3.05) is 0 Å². The molecule has 1 heteroatoms. The van der Waals surface area contributed by atoms with Crippen LogP contribution in [0, 0.1) is 0 Å². The van der Waals surface area contributed by atoms with E-state index in [-0.39, 0.29) is 17.1 Å². The van der Waals surface area contributed by atoms with Crippen molar-refractivity contribution in [1.29, 1.82) is 0 Å². The summed E-state index contributed by atoms with van der Waals surface area (Å²) < 4.78 is 2.28. The summed E-state index contributed by atoms with van der Waals surface area (Å²) in [6.45, 7) is 9.71. The minimum absolute atomic E-state index is 0.266. The van der Waals surface area contributed by atoms with E-state index >= 15 is 0 Å². The summed E-state index contributed by atoms with van der Waals surface area (Å²) in [5.41, 5.74) is 0. The summed E-state index contributed by atoms with van der Waals surface area (Å²) in [5.74, 6) is 0. The molecule has 0 saturated heterocycles. The zero-order chi connectivity index (χ0) is 14.3. The van der Waals surface area contributed by atoms with Crippen LogP contribution in [0.5, 0.6) is 0 Å². The Morgan fingerprint density at radius 1 is 0.579 bits per heavy atom. The van der Waals surface area contributed by atoms with Crippen molar-refractivity contribution in [3.8, 4) is 0 Å². The van der Waals surface area contributed by atoms with Crippen LogP contribution in [-0.4, -0.2) is 0 Å². The van der Waals surface area contributed by atoms with Crippen LogP contribution in [0.2, 0.25) is 9.02 Å². The SMILES string of the molecule is CCCCCCC[CH](C)[Zn][CH](C)CCCCCCC. The van der Waals surface area contributed by atoms with Crippen LogP contribution in [0.1, 0.15) is 105 Å². The number of hydrogen-bond acceptors (Lipinski definition) is 0. The zero-order valence-corrected chi connectivity index (χ0v) is 17.3. The summed E-state index contributed by atoms with van der Waals surface area (Å²) in [6, 6.07) is 0. The Morgan fingerprint density at radius 3 is 1.32 bits per heavy atom. The summed E-state index contributed by atoms with van der Waals surface area (Å²) in [7, 11) is 0. The topological polar surface area (TPSA) is 0 Å². The first-order chi connectivity index (χ1) is 9.20. The van der Waals surface area contributed by atoms with Gasteiger partial charge in [0, 0.05) is 0 Å². The normalized spacial score (nSPS) is 14.1. The minimum atomic E-state index is -0.266. The molecule has 0 heterocycles. The first-order valence-corrected chi connectivity index (χ1v) is 12.6. The average molecular weight is 320 g/mol. The molecule has 2 atom stereocenters. The van der Waals surface area contributed by atoms with Crippen molar-refractivity contribution in [2.24, 2.45) is 0 Å². The maximum absolute atomic E-state index is 2.55. The van der Waals surface area contributed by atoms with Crippen LogP contribution in [0.15, 0.2) is 0 Å². The first-order valence-electron chi connectivity index (χ1n) is 9.20. The number of hydrogen-bond donors (Lipinski definition) is 0. The van der Waals surface area contributed by atoms with Crippen molar-refractivity contribution in [1.82, 2.24) is 0 Å². The fourth-order valence-corrected chi connectivity index (χ4v) is 8.20. The summed E-state index contributed by atoms with van der Waals surface area (Å²) >= 11 is -0.266. The Labute approximate surface area is 131 Å². The van der Waals surface area contributed by atoms with E-state index in [0.717, 1.165) is 9.02 Å². The zero-order valence-electron chi connectivity index (χ0n) is 14.3. The van der Waals surface area contributed by atoms with E-state index in [0.29, 0.717) is 0 Å². The first kappa shape index (κ1) is 19.6. The predicted molar refractivity (Wildman–Crippen MR) is 85.6 cm³/mol. The molecule has 0 aliphatic carbocycles. The number of rotatable bonds is 14. The monoisotopic (exact) mass is 318 g/mol. The van der Waals surface area contributed by atoms with Gasteiger partial charge in [-0.1, -0.05) is 0 Å². The molecule has 2 unspecified atom stereocenters. The molecule has 19 heavy (non-hydrogen) atoms. The molecule has 0 saturated carbocycles. The van der Waals surface area contributed by atoms with Crippen molar-refractivity contribution >= 4 is 0 Å². The molecule has 0 amide bonds. The fourth-order valence-electron chi connectivity index (χ4n) is 3.12. The van der Waals surface area contributed by atoms with Gasteiger partial charge >= 0.3 is 131 Å². The molecule has 0 rings (SSSR count). The second-order valence-corrected chi connectivity index (χ2v) is 13.7. The van der Waals surface area contributed by atoms with E-state index in [1.165, 1.54) is 64.2 Å². The summed E-state index contributed by atoms with van der Waals surface area (Å²) in [5, 5.41) is 0. The molecule has 0 aromatic heterocycles. The predicted octanol–water partition coefficient (Wildman–Crippen LogP) is 7.41. The van der Waals surface area contributed by atoms with Crippen molar-refractivity contribution in [3.05, 3.63) is 0 Å². The second-order valence-electron chi connectivity index (χ2n) is 6.85. The molecule has 0 bridgehead atoms. The van der Waals surface area contributed by atoms with Crippen molar-refractivity contribution < 1.29 is 17.1 Å². The van der Waals surface area contributed by atoms with Gasteiger partial charge in [-0.3, -0.25) is 0 Å². The summed E-state index contributed by atoms with van der Waals surface area (Å²) in [6.07, 6.45) is 17.7. The number of unbranched alkanes of at least 4 members (excludes halogenated alkanes) is 8. The summed E-state index contributed by atoms with van der Waals surface area (Å²) in [4.78, 5) is 0. The molecule has 0 aliphatic rings. The molecular weight excluding hydrogens is 282 g/mol. The Kier molecular flexibility index (Phi) is 15.5. The Morgan fingerprint density at radius 2 is 0.947 bits per heavy atom. The van der Waals surface area contributed by atoms with Crippen LogP contribution >= 0.6 is 0 Å². The third-order valence-electron chi connectivity index (χ3n) is 4.41. The van der Waals surface area contributed by atoms with Gasteiger partial charge in [-0.25, -0.2) is 0 Å². The van der Waals surface area contributed by atoms with Gasteiger partial charge in [-0.15, -0.1) is 0 Å². The third-order valence-corrected chi connectivity index (χ3v) is 9.50. The van der Waals surface area contributed by atoms with Crippen LogP contribution in [0.25, 0.3) is 0 Å². The van der Waals surface area contributed by atoms with Gasteiger partial charge in [0.2, 0.25) is 0 Å². The molecule has 0 fully saturated rings. The van der Waals surface area contributed by atoms with E-state index in [1.54, 1.807) is 12.8 Å². The average Bonchev–Trinajstić information content (AvgIpc) is 2.38. The molecule has 0 nitrogen and oxygen atoms in total. The van der Waals surface area contributed by atoms with Gasteiger partial charge in [-0.05, 0) is 0 Å². The third kappa shape index (κ3) is 14.8. The maximum atomic E-state index is 2.55. The standard InChI is InChI=1S/2C9H19.Zn/c2*1-3-5-7-9-8-6-4-2;/h2*3H,4-9H2,1-2H3;. The van der Waals surface area contributed by atoms with Crippen LogP contribution < -0.4 is 0 Å². The molecule has 112 valence electrons. The van der Waals surface area contributed by atoms with E-state index in [1.807, 2.05) is 0 Å². The molecular formula is C18H38Zn. The Bertz CT molecular complexity index is 149. The van der Waals surface area contributed by atoms with E-state index in [9.17, 15) is 0 Å². The quantitative estimate of drug-likeness (QED) is 0.231. The van der Waals surface area contributed by atoms with E-state index in [2.05, 4.69) is 27.7 Å². The van der Waals surface area contributed by atoms with Gasteiger partial charge in [0.25, 0.3) is 0 Å². The Balaban J connectivity index is 3.34. The van der Waals surface area contributed by atoms with E-state index < -0.39 is 0 Å². The van der Waals surface area contributed by atoms with Crippen LogP contribution in [-0.2, 0) is 17.1 Å². The molecule has 0 spiro atoms. The van der Waals surface area contributed by atoms with Gasteiger partial charge in [0.15, 0.2) is 0 Å². The van der Waals surface area contributed by atoms with Gasteiger partial charge < -0.3 is 0 Å². The molecule has 0 aromatic rings. The molecule has 0 aromatic carbocycles. The van der Waals surface area contributed by atoms with Crippen LogP contribution in [0.3, 0.4) is 0 Å². The van der Waals surface area contributed by atoms with Crippen molar-refractivity contribution in [2.45, 2.75) is 114 Å². The molecule has 0 N–H and O–H groups in total. The molecule has 0 aliphatic heterocycles. The molecule has 0 radical (unpaired) electrons. The van der Waals surface area contributed by atoms with Gasteiger partial charge in [-0.2, -0.15) is 0 Å². The Hall–Kier alpha value is 0.623.